The van der Waals surface area contributed by atoms with Gasteiger partial charge in [0.2, 0.25) is 5.91 Å². The Bertz CT molecular complexity index is 888. The smallest absolute Gasteiger partial charge is 0.242 e. The van der Waals surface area contributed by atoms with E-state index in [1.165, 1.54) is 0 Å². The van der Waals surface area contributed by atoms with Crippen LogP contribution >= 0.6 is 11.3 Å². The van der Waals surface area contributed by atoms with E-state index in [-0.39, 0.29) is 18.5 Å². The van der Waals surface area contributed by atoms with E-state index in [2.05, 4.69) is 42.1 Å². The monoisotopic (exact) mass is 382 g/mol. The minimum absolute atomic E-state index is 0.0239. The van der Waals surface area contributed by atoms with Crippen LogP contribution in [0.2, 0.25) is 0 Å². The average molecular weight is 383 g/mol. The first-order chi connectivity index (χ1) is 13.0. The third-order valence-electron chi connectivity index (χ3n) is 4.62. The van der Waals surface area contributed by atoms with Crippen LogP contribution in [0.3, 0.4) is 0 Å². The van der Waals surface area contributed by atoms with E-state index in [4.69, 9.17) is 0 Å². The highest BCUT2D eigenvalue weighted by atomic mass is 32.1. The van der Waals surface area contributed by atoms with Crippen molar-refractivity contribution in [2.45, 2.75) is 33.7 Å². The van der Waals surface area contributed by atoms with Crippen LogP contribution < -0.4 is 10.2 Å². The summed E-state index contributed by atoms with van der Waals surface area (Å²) in [4.78, 5) is 23.8. The van der Waals surface area contributed by atoms with Crippen LogP contribution in [0, 0.1) is 12.8 Å². The maximum atomic E-state index is 12.9. The number of carbonyl (C=O) groups is 1. The highest BCUT2D eigenvalue weighted by Crippen LogP contribution is 2.28. The first kappa shape index (κ1) is 19.5. The molecule has 1 N–H and O–H groups in total. The quantitative estimate of drug-likeness (QED) is 0.660. The van der Waals surface area contributed by atoms with Crippen LogP contribution in [0.4, 0.5) is 5.13 Å². The second kappa shape index (κ2) is 8.59. The molecule has 2 aromatic heterocycles. The minimum Gasteiger partial charge on any atom is -0.300 e. The minimum atomic E-state index is 0.0239. The van der Waals surface area contributed by atoms with Crippen molar-refractivity contribution in [2.75, 3.05) is 18.0 Å². The van der Waals surface area contributed by atoms with E-state index in [1.54, 1.807) is 22.4 Å². The van der Waals surface area contributed by atoms with E-state index in [1.807, 2.05) is 37.3 Å². The number of thiazole rings is 1. The van der Waals surface area contributed by atoms with Crippen molar-refractivity contribution in [3.63, 3.8) is 0 Å². The van der Waals surface area contributed by atoms with E-state index in [0.717, 1.165) is 26.6 Å². The second-order valence-corrected chi connectivity index (χ2v) is 7.92. The summed E-state index contributed by atoms with van der Waals surface area (Å²) in [6.45, 7) is 9.16. The van der Waals surface area contributed by atoms with Gasteiger partial charge in [-0.25, -0.2) is 4.98 Å². The first-order valence-electron chi connectivity index (χ1n) is 9.32. The highest BCUT2D eigenvalue weighted by Gasteiger charge is 2.23. The van der Waals surface area contributed by atoms with Gasteiger partial charge in [0.15, 0.2) is 5.13 Å². The predicted molar refractivity (Wildman–Crippen MR) is 112 cm³/mol. The van der Waals surface area contributed by atoms with E-state index < -0.39 is 0 Å². The lowest BCUT2D eigenvalue weighted by molar-refractivity contribution is -0.117. The molecule has 0 bridgehead atoms. The van der Waals surface area contributed by atoms with Gasteiger partial charge in [0.1, 0.15) is 0 Å². The predicted octanol–water partition coefficient (Wildman–Crippen LogP) is 4.34. The Labute approximate surface area is 164 Å². The van der Waals surface area contributed by atoms with Gasteiger partial charge in [-0.1, -0.05) is 43.4 Å². The number of para-hydroxylation sites is 1. The number of aromatic nitrogens is 2. The van der Waals surface area contributed by atoms with Crippen LogP contribution in [0.25, 0.3) is 10.2 Å². The number of hydrogen-bond acceptors (Lipinski definition) is 5. The fourth-order valence-electron chi connectivity index (χ4n) is 3.16. The van der Waals surface area contributed by atoms with E-state index in [9.17, 15) is 4.79 Å². The summed E-state index contributed by atoms with van der Waals surface area (Å²) in [6.07, 6.45) is 1.81. The van der Waals surface area contributed by atoms with Crippen LogP contribution in [0.15, 0.2) is 42.6 Å². The molecular formula is C21H26N4OS. The fraction of sp³-hybridized carbons (Fsp3) is 0.381. The summed E-state index contributed by atoms with van der Waals surface area (Å²) in [5.41, 5.74) is 3.07. The van der Waals surface area contributed by atoms with Gasteiger partial charge in [0.05, 0.1) is 28.5 Å². The molecule has 5 nitrogen and oxygen atoms in total. The summed E-state index contributed by atoms with van der Waals surface area (Å²) in [7, 11) is 0. The third-order valence-corrected chi connectivity index (χ3v) is 5.67. The Hall–Kier alpha value is -2.31. The number of nitrogens with one attached hydrogen (secondary N) is 1. The number of carbonyl (C=O) groups excluding carboxylic acids is 1. The molecule has 0 fully saturated rings. The molecule has 1 unspecified atom stereocenters. The number of likely N-dealkylation sites (N-methyl/N-ethyl adjacent to an activating group) is 1. The van der Waals surface area contributed by atoms with Crippen molar-refractivity contribution in [3.8, 4) is 0 Å². The van der Waals surface area contributed by atoms with Gasteiger partial charge in [0.25, 0.3) is 0 Å². The van der Waals surface area contributed by atoms with Gasteiger partial charge < -0.3 is 0 Å². The largest absolute Gasteiger partial charge is 0.300 e. The van der Waals surface area contributed by atoms with Crippen LogP contribution in [-0.4, -0.2) is 29.0 Å². The topological polar surface area (TPSA) is 58.1 Å². The number of amides is 1. The Balaban J connectivity index is 1.75. The molecule has 1 atom stereocenters. The van der Waals surface area contributed by atoms with Crippen LogP contribution in [0.1, 0.15) is 38.1 Å². The van der Waals surface area contributed by atoms with Gasteiger partial charge >= 0.3 is 0 Å². The number of hydrogen-bond donors (Lipinski definition) is 1. The number of aryl methyl sites for hydroxylation is 1. The molecule has 0 aliphatic heterocycles. The van der Waals surface area contributed by atoms with Gasteiger partial charge in [-0.05, 0) is 43.5 Å². The molecule has 0 radical (unpaired) electrons. The molecule has 0 saturated heterocycles. The van der Waals surface area contributed by atoms with E-state index >= 15 is 0 Å². The Morgan fingerprint density at radius 3 is 2.67 bits per heavy atom. The number of rotatable bonds is 7. The molecule has 142 valence electrons. The summed E-state index contributed by atoms with van der Waals surface area (Å²) in [5, 5.41) is 4.17. The third kappa shape index (κ3) is 4.34. The van der Waals surface area contributed by atoms with Crippen molar-refractivity contribution in [1.29, 1.82) is 0 Å². The van der Waals surface area contributed by atoms with Crippen LogP contribution in [0.5, 0.6) is 0 Å². The van der Waals surface area contributed by atoms with Gasteiger partial charge in [-0.2, -0.15) is 0 Å². The zero-order valence-electron chi connectivity index (χ0n) is 16.3. The molecule has 3 aromatic rings. The normalized spacial score (nSPS) is 12.5. The molecule has 1 amide bonds. The summed E-state index contributed by atoms with van der Waals surface area (Å²) >= 11 is 1.55. The lowest BCUT2D eigenvalue weighted by Gasteiger charge is -2.25. The first-order valence-corrected chi connectivity index (χ1v) is 10.1. The van der Waals surface area contributed by atoms with Gasteiger partial charge in [-0.15, -0.1) is 0 Å². The molecule has 6 heteroatoms. The Morgan fingerprint density at radius 2 is 2.00 bits per heavy atom. The zero-order valence-corrected chi connectivity index (χ0v) is 17.1. The molecule has 0 saturated carbocycles. The number of benzene rings is 1. The number of nitrogens with zero attached hydrogens (tertiary/aromatic N) is 3. The number of pyridine rings is 1. The summed E-state index contributed by atoms with van der Waals surface area (Å²) in [5.74, 6) is 0.347. The van der Waals surface area contributed by atoms with E-state index in [0.29, 0.717) is 12.5 Å². The molecule has 3 rings (SSSR count). The maximum absolute atomic E-state index is 12.9. The van der Waals surface area contributed by atoms with Crippen molar-refractivity contribution in [2.24, 2.45) is 5.92 Å². The lowest BCUT2D eigenvalue weighted by atomic mass is 9.97. The molecule has 1 aromatic carbocycles. The van der Waals surface area contributed by atoms with Gasteiger partial charge in [-0.3, -0.25) is 20.0 Å². The Morgan fingerprint density at radius 1 is 1.22 bits per heavy atom. The van der Waals surface area contributed by atoms with Crippen molar-refractivity contribution >= 4 is 32.6 Å². The molecule has 2 heterocycles. The SMILES string of the molecule is CCN(C(=O)CNC(c1ncccc1C)C(C)C)c1nc2ccccc2s1. The van der Waals surface area contributed by atoms with Crippen molar-refractivity contribution in [3.05, 3.63) is 53.9 Å². The van der Waals surface area contributed by atoms with Gasteiger partial charge in [0, 0.05) is 12.7 Å². The van der Waals surface area contributed by atoms with Crippen molar-refractivity contribution < 1.29 is 4.79 Å². The fourth-order valence-corrected chi connectivity index (χ4v) is 4.20. The lowest BCUT2D eigenvalue weighted by Crippen LogP contribution is -2.40. The maximum Gasteiger partial charge on any atom is 0.242 e. The molecule has 0 spiro atoms. The average Bonchev–Trinajstić information content (AvgIpc) is 3.07. The summed E-state index contributed by atoms with van der Waals surface area (Å²) in [6, 6.07) is 12.0. The highest BCUT2D eigenvalue weighted by molar-refractivity contribution is 7.22. The van der Waals surface area contributed by atoms with Crippen LogP contribution in [-0.2, 0) is 4.79 Å². The molecule has 0 aliphatic rings. The standard InChI is InChI=1S/C21H26N4OS/c1-5-25(21-24-16-10-6-7-11-17(16)27-21)18(26)13-23-19(14(2)3)20-15(4)9-8-12-22-20/h6-12,14,19,23H,5,13H2,1-4H3. The number of fused-ring (bicyclic) bond motifs is 1. The molecular weight excluding hydrogens is 356 g/mol. The summed E-state index contributed by atoms with van der Waals surface area (Å²) < 4.78 is 1.09. The second-order valence-electron chi connectivity index (χ2n) is 6.91. The zero-order chi connectivity index (χ0) is 19.4. The molecule has 27 heavy (non-hydrogen) atoms. The Kier molecular flexibility index (Phi) is 6.19. The number of anilines is 1. The van der Waals surface area contributed by atoms with Crippen molar-refractivity contribution in [1.82, 2.24) is 15.3 Å². The molecule has 0 aliphatic carbocycles.